The predicted molar refractivity (Wildman–Crippen MR) is 121 cm³/mol. The predicted octanol–water partition coefficient (Wildman–Crippen LogP) is 3.85. The summed E-state index contributed by atoms with van der Waals surface area (Å²) in [5.41, 5.74) is 2.78. The first kappa shape index (κ1) is 22.7. The first-order valence-corrected chi connectivity index (χ1v) is 10.9. The van der Waals surface area contributed by atoms with Crippen molar-refractivity contribution in [3.63, 3.8) is 0 Å². The molecule has 6 heteroatoms. The van der Waals surface area contributed by atoms with Crippen LogP contribution in [0, 0.1) is 13.8 Å². The zero-order chi connectivity index (χ0) is 22.2. The molecule has 31 heavy (non-hydrogen) atoms. The van der Waals surface area contributed by atoms with E-state index in [2.05, 4.69) is 0 Å². The van der Waals surface area contributed by atoms with Gasteiger partial charge in [0.2, 0.25) is 5.91 Å². The molecule has 1 saturated heterocycles. The Hall–Kier alpha value is -3.02. The number of carbonyl (C=O) groups excluding carboxylic acids is 2. The van der Waals surface area contributed by atoms with Crippen LogP contribution in [0.4, 0.5) is 0 Å². The second kappa shape index (κ2) is 10.8. The number of aryl methyl sites for hydroxylation is 2. The van der Waals surface area contributed by atoms with Gasteiger partial charge < -0.3 is 19.3 Å². The number of hydrogen-bond donors (Lipinski definition) is 0. The van der Waals surface area contributed by atoms with Gasteiger partial charge in [0.15, 0.2) is 0 Å². The van der Waals surface area contributed by atoms with Crippen molar-refractivity contribution in [1.29, 1.82) is 0 Å². The Morgan fingerprint density at radius 1 is 0.903 bits per heavy atom. The van der Waals surface area contributed by atoms with Crippen LogP contribution in [0.25, 0.3) is 0 Å². The summed E-state index contributed by atoms with van der Waals surface area (Å²) in [6.07, 6.45) is 1.89. The van der Waals surface area contributed by atoms with Crippen molar-refractivity contribution in [2.75, 3.05) is 39.9 Å². The smallest absolute Gasteiger partial charge is 0.257 e. The Kier molecular flexibility index (Phi) is 7.93. The van der Waals surface area contributed by atoms with E-state index in [0.717, 1.165) is 23.3 Å². The highest BCUT2D eigenvalue weighted by Gasteiger charge is 2.24. The van der Waals surface area contributed by atoms with Crippen LogP contribution in [0.15, 0.2) is 42.5 Å². The fraction of sp³-hybridized carbons (Fsp3) is 0.440. The highest BCUT2D eigenvalue weighted by Crippen LogP contribution is 2.23. The minimum absolute atomic E-state index is 0.0475. The number of carbonyl (C=O) groups is 2. The molecule has 0 N–H and O–H groups in total. The van der Waals surface area contributed by atoms with E-state index in [9.17, 15) is 9.59 Å². The average molecular weight is 425 g/mol. The van der Waals surface area contributed by atoms with Gasteiger partial charge in [0.1, 0.15) is 11.5 Å². The van der Waals surface area contributed by atoms with Crippen molar-refractivity contribution in [1.82, 2.24) is 9.80 Å². The van der Waals surface area contributed by atoms with E-state index in [4.69, 9.17) is 9.47 Å². The van der Waals surface area contributed by atoms with Gasteiger partial charge in [-0.25, -0.2) is 0 Å². The molecule has 2 amide bonds. The van der Waals surface area contributed by atoms with E-state index in [1.807, 2.05) is 54.0 Å². The number of benzene rings is 2. The van der Waals surface area contributed by atoms with Gasteiger partial charge >= 0.3 is 0 Å². The first-order chi connectivity index (χ1) is 15.0. The Balaban J connectivity index is 1.48. The van der Waals surface area contributed by atoms with Crippen molar-refractivity contribution in [3.05, 3.63) is 59.2 Å². The van der Waals surface area contributed by atoms with Gasteiger partial charge in [-0.05, 0) is 49.9 Å². The quantitative estimate of drug-likeness (QED) is 0.634. The number of nitrogens with zero attached hydrogens (tertiary/aromatic N) is 2. The van der Waals surface area contributed by atoms with Crippen LogP contribution in [0.3, 0.4) is 0 Å². The molecule has 166 valence electrons. The molecule has 2 aromatic rings. The Morgan fingerprint density at radius 3 is 2.32 bits per heavy atom. The molecule has 1 aliphatic rings. The normalized spacial score (nSPS) is 14.2. The number of hydrogen-bond acceptors (Lipinski definition) is 4. The third kappa shape index (κ3) is 5.78. The van der Waals surface area contributed by atoms with E-state index in [1.165, 1.54) is 0 Å². The summed E-state index contributed by atoms with van der Waals surface area (Å²) < 4.78 is 11.2. The zero-order valence-corrected chi connectivity index (χ0v) is 18.7. The third-order valence-corrected chi connectivity index (χ3v) is 5.66. The van der Waals surface area contributed by atoms with Gasteiger partial charge in [-0.1, -0.05) is 30.3 Å². The minimum Gasteiger partial charge on any atom is -0.496 e. The van der Waals surface area contributed by atoms with Gasteiger partial charge in [-0.3, -0.25) is 9.59 Å². The van der Waals surface area contributed by atoms with Crippen molar-refractivity contribution in [2.45, 2.75) is 33.1 Å². The average Bonchev–Trinajstić information content (AvgIpc) is 3.04. The van der Waals surface area contributed by atoms with E-state index in [-0.39, 0.29) is 11.8 Å². The third-order valence-electron chi connectivity index (χ3n) is 5.66. The molecule has 0 radical (unpaired) electrons. The molecular formula is C25H32N2O4. The van der Waals surface area contributed by atoms with Crippen LogP contribution in [0.5, 0.6) is 11.5 Å². The van der Waals surface area contributed by atoms with E-state index < -0.39 is 0 Å². The van der Waals surface area contributed by atoms with Gasteiger partial charge in [0.25, 0.3) is 5.91 Å². The molecule has 0 unspecified atom stereocenters. The largest absolute Gasteiger partial charge is 0.496 e. The van der Waals surface area contributed by atoms with Crippen LogP contribution in [-0.4, -0.2) is 61.5 Å². The number of ether oxygens (including phenoxy) is 2. The first-order valence-electron chi connectivity index (χ1n) is 10.9. The molecule has 3 rings (SSSR count). The summed E-state index contributed by atoms with van der Waals surface area (Å²) >= 11 is 0. The monoisotopic (exact) mass is 424 g/mol. The van der Waals surface area contributed by atoms with E-state index >= 15 is 0 Å². The molecule has 0 bridgehead atoms. The highest BCUT2D eigenvalue weighted by molar-refractivity contribution is 5.97. The zero-order valence-electron chi connectivity index (χ0n) is 18.7. The Labute approximate surface area is 184 Å². The van der Waals surface area contributed by atoms with E-state index in [1.54, 1.807) is 19.2 Å². The fourth-order valence-electron chi connectivity index (χ4n) is 3.94. The summed E-state index contributed by atoms with van der Waals surface area (Å²) in [5, 5.41) is 0. The molecule has 1 heterocycles. The standard InChI is InChI=1S/C25H32N2O4/c1-19-9-6-10-20(2)24(19)31-18-7-13-23(28)26-14-8-15-27(17-16-26)25(29)21-11-4-5-12-22(21)30-3/h4-6,9-12H,7-8,13-18H2,1-3H3. The van der Waals surface area contributed by atoms with Crippen molar-refractivity contribution >= 4 is 11.8 Å². The van der Waals surface area contributed by atoms with Crippen LogP contribution >= 0.6 is 0 Å². The second-order valence-corrected chi connectivity index (χ2v) is 7.90. The lowest BCUT2D eigenvalue weighted by Gasteiger charge is -2.23. The molecule has 1 fully saturated rings. The molecular weight excluding hydrogens is 392 g/mol. The maximum Gasteiger partial charge on any atom is 0.257 e. The van der Waals surface area contributed by atoms with Crippen LogP contribution in [-0.2, 0) is 4.79 Å². The van der Waals surface area contributed by atoms with Gasteiger partial charge in [0, 0.05) is 32.6 Å². The highest BCUT2D eigenvalue weighted by atomic mass is 16.5. The molecule has 0 aromatic heterocycles. The molecule has 2 aromatic carbocycles. The number of rotatable bonds is 7. The summed E-state index contributed by atoms with van der Waals surface area (Å²) in [4.78, 5) is 29.3. The van der Waals surface area contributed by atoms with Gasteiger partial charge in [0.05, 0.1) is 19.3 Å². The lowest BCUT2D eigenvalue weighted by Crippen LogP contribution is -2.37. The maximum absolute atomic E-state index is 12.9. The van der Waals surface area contributed by atoms with Crippen molar-refractivity contribution < 1.29 is 19.1 Å². The van der Waals surface area contributed by atoms with Crippen LogP contribution in [0.1, 0.15) is 40.7 Å². The van der Waals surface area contributed by atoms with Crippen LogP contribution in [0.2, 0.25) is 0 Å². The molecule has 0 saturated carbocycles. The van der Waals surface area contributed by atoms with Crippen molar-refractivity contribution in [2.24, 2.45) is 0 Å². The lowest BCUT2D eigenvalue weighted by atomic mass is 10.1. The summed E-state index contributed by atoms with van der Waals surface area (Å²) in [5.74, 6) is 1.56. The number of para-hydroxylation sites is 2. The Bertz CT molecular complexity index is 892. The minimum atomic E-state index is -0.0475. The van der Waals surface area contributed by atoms with Crippen LogP contribution < -0.4 is 9.47 Å². The number of methoxy groups -OCH3 is 1. The molecule has 1 aliphatic heterocycles. The molecule has 0 spiro atoms. The SMILES string of the molecule is COc1ccccc1C(=O)N1CCCN(C(=O)CCCOc2c(C)cccc2C)CC1. The van der Waals surface area contributed by atoms with E-state index in [0.29, 0.717) is 56.9 Å². The summed E-state index contributed by atoms with van der Waals surface area (Å²) in [7, 11) is 1.57. The summed E-state index contributed by atoms with van der Waals surface area (Å²) in [6.45, 7) is 6.97. The van der Waals surface area contributed by atoms with Gasteiger partial charge in [-0.2, -0.15) is 0 Å². The summed E-state index contributed by atoms with van der Waals surface area (Å²) in [6, 6.07) is 13.3. The lowest BCUT2D eigenvalue weighted by molar-refractivity contribution is -0.131. The molecule has 0 atom stereocenters. The number of amides is 2. The second-order valence-electron chi connectivity index (χ2n) is 7.90. The fourth-order valence-corrected chi connectivity index (χ4v) is 3.94. The van der Waals surface area contributed by atoms with Gasteiger partial charge in [-0.15, -0.1) is 0 Å². The molecule has 0 aliphatic carbocycles. The maximum atomic E-state index is 12.9. The Morgan fingerprint density at radius 2 is 1.58 bits per heavy atom. The van der Waals surface area contributed by atoms with Crippen molar-refractivity contribution in [3.8, 4) is 11.5 Å². The molecule has 6 nitrogen and oxygen atoms in total. The topological polar surface area (TPSA) is 59.1 Å².